The van der Waals surface area contributed by atoms with Gasteiger partial charge in [-0.3, -0.25) is 4.79 Å². The van der Waals surface area contributed by atoms with Crippen LogP contribution in [0.15, 0.2) is 59.8 Å². The van der Waals surface area contributed by atoms with Gasteiger partial charge in [0.05, 0.1) is 22.8 Å². The van der Waals surface area contributed by atoms with E-state index < -0.39 is 16.0 Å². The lowest BCUT2D eigenvalue weighted by Gasteiger charge is -2.47. The molecule has 0 spiro atoms. The average molecular weight is 645 g/mol. The molecular weight excluding hydrogens is 607 g/mol. The number of rotatable bonds is 8. The van der Waals surface area contributed by atoms with Crippen molar-refractivity contribution in [1.82, 2.24) is 23.5 Å². The van der Waals surface area contributed by atoms with E-state index in [0.29, 0.717) is 29.0 Å². The van der Waals surface area contributed by atoms with Gasteiger partial charge in [0.25, 0.3) is 10.0 Å². The third kappa shape index (κ3) is 5.03. The number of benzene rings is 1. The number of pyridine rings is 1. The smallest absolute Gasteiger partial charge is 0.311 e. The number of esters is 1. The highest BCUT2D eigenvalue weighted by atomic mass is 32.2. The molecular formula is C34H37FN6O4S. The maximum atomic E-state index is 14.5. The van der Waals surface area contributed by atoms with Crippen LogP contribution in [0.4, 0.5) is 10.2 Å². The van der Waals surface area contributed by atoms with Crippen LogP contribution in [-0.4, -0.2) is 50.5 Å². The first-order chi connectivity index (χ1) is 22.1. The van der Waals surface area contributed by atoms with Crippen LogP contribution in [0, 0.1) is 30.6 Å². The highest BCUT2D eigenvalue weighted by molar-refractivity contribution is 7.90. The molecule has 10 nitrogen and oxygen atoms in total. The van der Waals surface area contributed by atoms with Gasteiger partial charge < -0.3 is 14.6 Å². The number of aryl methyl sites for hydroxylation is 1. The molecule has 3 saturated carbocycles. The molecule has 1 N–H and O–H groups in total. The Morgan fingerprint density at radius 3 is 2.39 bits per heavy atom. The maximum Gasteiger partial charge on any atom is 0.311 e. The zero-order valence-corrected chi connectivity index (χ0v) is 27.1. The molecule has 0 radical (unpaired) electrons. The Morgan fingerprint density at radius 2 is 1.70 bits per heavy atom. The molecule has 4 aromatic heterocycles. The Hall–Kier alpha value is -4.32. The van der Waals surface area contributed by atoms with Gasteiger partial charge in [0.2, 0.25) is 5.95 Å². The molecule has 5 aromatic rings. The topological polar surface area (TPSA) is 121 Å². The van der Waals surface area contributed by atoms with E-state index >= 15 is 0 Å². The molecule has 240 valence electrons. The average Bonchev–Trinajstić information content (AvgIpc) is 3.64. The van der Waals surface area contributed by atoms with Crippen molar-refractivity contribution < 1.29 is 22.3 Å². The lowest BCUT2D eigenvalue weighted by Crippen LogP contribution is -2.52. The minimum Gasteiger partial charge on any atom is -0.466 e. The van der Waals surface area contributed by atoms with Gasteiger partial charge in [-0.1, -0.05) is 17.7 Å². The fourth-order valence-corrected chi connectivity index (χ4v) is 8.63. The predicted molar refractivity (Wildman–Crippen MR) is 173 cm³/mol. The van der Waals surface area contributed by atoms with Crippen LogP contribution in [0.5, 0.6) is 0 Å². The molecule has 3 aliphatic carbocycles. The lowest BCUT2D eigenvalue weighted by atomic mass is 9.61. The van der Waals surface area contributed by atoms with E-state index in [9.17, 15) is 17.6 Å². The molecule has 0 aliphatic heterocycles. The number of anilines is 1. The van der Waals surface area contributed by atoms with E-state index in [-0.39, 0.29) is 52.2 Å². The number of aromatic nitrogens is 5. The Labute approximate surface area is 267 Å². The fraction of sp³-hybridized carbons (Fsp3) is 0.412. The summed E-state index contributed by atoms with van der Waals surface area (Å²) in [5.74, 6) is 0.0729. The van der Waals surface area contributed by atoms with Gasteiger partial charge in [0, 0.05) is 35.4 Å². The Kier molecular flexibility index (Phi) is 7.57. The van der Waals surface area contributed by atoms with Gasteiger partial charge >= 0.3 is 5.97 Å². The van der Waals surface area contributed by atoms with Gasteiger partial charge in [-0.15, -0.1) is 0 Å². The zero-order chi connectivity index (χ0) is 32.3. The number of fused-ring (bicyclic) bond motifs is 5. The van der Waals surface area contributed by atoms with Gasteiger partial charge in [-0.25, -0.2) is 27.3 Å². The number of carbonyl (C=O) groups excluding carboxylic acids is 1. The normalized spacial score (nSPS) is 21.3. The third-order valence-corrected chi connectivity index (χ3v) is 11.3. The largest absolute Gasteiger partial charge is 0.466 e. The Morgan fingerprint density at radius 1 is 0.978 bits per heavy atom. The van der Waals surface area contributed by atoms with Crippen molar-refractivity contribution >= 4 is 43.9 Å². The zero-order valence-electron chi connectivity index (χ0n) is 26.3. The second kappa shape index (κ2) is 11.5. The van der Waals surface area contributed by atoms with Crippen molar-refractivity contribution in [3.63, 3.8) is 0 Å². The van der Waals surface area contributed by atoms with Crippen LogP contribution in [0.2, 0.25) is 0 Å². The molecule has 8 rings (SSSR count). The number of nitrogens with zero attached hydrogens (tertiary/aromatic N) is 5. The van der Waals surface area contributed by atoms with E-state index in [2.05, 4.69) is 24.1 Å². The second-order valence-corrected chi connectivity index (χ2v) is 14.5. The molecule has 4 heterocycles. The maximum absolute atomic E-state index is 14.5. The van der Waals surface area contributed by atoms with Crippen LogP contribution in [0.3, 0.4) is 0 Å². The molecule has 46 heavy (non-hydrogen) atoms. The first-order valence-electron chi connectivity index (χ1n) is 15.9. The molecule has 2 atom stereocenters. The van der Waals surface area contributed by atoms with E-state index in [1.165, 1.54) is 30.5 Å². The molecule has 1 aromatic carbocycles. The van der Waals surface area contributed by atoms with Crippen LogP contribution in [0.25, 0.3) is 33.5 Å². The van der Waals surface area contributed by atoms with Crippen molar-refractivity contribution in [2.75, 3.05) is 11.9 Å². The standard InChI is InChI=1S/C34H37FN6O4S/c1-5-45-34(42)28-21-8-10-22(11-9-21)29(28)37-30-25-16-17-40(19(2)3)32(25)39-31(38-30)26-18-41(33-24(26)14-15-27(35)36-33)46(43,44)23-12-6-20(4)7-13-23/h6-7,12-19,21-22,28-29H,5,8-11H2,1-4H3,(H,37,38,39)/t21?,22?,28-,29-/m0/s1. The van der Waals surface area contributed by atoms with Crippen molar-refractivity contribution in [2.45, 2.75) is 70.4 Å². The van der Waals surface area contributed by atoms with Gasteiger partial charge in [-0.2, -0.15) is 4.39 Å². The molecule has 2 bridgehead atoms. The summed E-state index contributed by atoms with van der Waals surface area (Å²) in [5.41, 5.74) is 1.91. The van der Waals surface area contributed by atoms with Crippen molar-refractivity contribution in [1.29, 1.82) is 0 Å². The lowest BCUT2D eigenvalue weighted by molar-refractivity contribution is -0.154. The first-order valence-corrected chi connectivity index (χ1v) is 17.3. The number of carbonyl (C=O) groups is 1. The Balaban J connectivity index is 1.41. The van der Waals surface area contributed by atoms with Gasteiger partial charge in [0.1, 0.15) is 11.5 Å². The van der Waals surface area contributed by atoms with E-state index in [4.69, 9.17) is 14.7 Å². The number of halogens is 1. The summed E-state index contributed by atoms with van der Waals surface area (Å²) in [5, 5.41) is 4.85. The van der Waals surface area contributed by atoms with Crippen molar-refractivity contribution in [2.24, 2.45) is 17.8 Å². The minimum atomic E-state index is -4.14. The van der Waals surface area contributed by atoms with Crippen LogP contribution < -0.4 is 5.32 Å². The molecule has 12 heteroatoms. The molecule has 3 fully saturated rings. The Bertz CT molecular complexity index is 2060. The van der Waals surface area contributed by atoms with Gasteiger partial charge in [-0.05, 0) is 95.5 Å². The van der Waals surface area contributed by atoms with E-state index in [1.807, 2.05) is 30.7 Å². The molecule has 3 aliphatic rings. The second-order valence-electron chi connectivity index (χ2n) is 12.7. The first kappa shape index (κ1) is 30.3. The minimum absolute atomic E-state index is 0.0531. The monoisotopic (exact) mass is 644 g/mol. The van der Waals surface area contributed by atoms with Crippen molar-refractivity contribution in [3.05, 3.63) is 66.4 Å². The number of hydrogen-bond donors (Lipinski definition) is 1. The highest BCUT2D eigenvalue weighted by Crippen LogP contribution is 2.47. The third-order valence-electron chi connectivity index (χ3n) is 9.61. The summed E-state index contributed by atoms with van der Waals surface area (Å²) in [6.07, 6.45) is 7.42. The number of nitrogens with one attached hydrogen (secondary N) is 1. The van der Waals surface area contributed by atoms with Crippen LogP contribution >= 0.6 is 0 Å². The highest BCUT2D eigenvalue weighted by Gasteiger charge is 2.48. The van der Waals surface area contributed by atoms with Crippen molar-refractivity contribution in [3.8, 4) is 11.4 Å². The fourth-order valence-electron chi connectivity index (χ4n) is 7.31. The summed E-state index contributed by atoms with van der Waals surface area (Å²) in [6, 6.07) is 11.0. The van der Waals surface area contributed by atoms with Gasteiger partial charge in [0.15, 0.2) is 11.5 Å². The molecule has 0 saturated heterocycles. The van der Waals surface area contributed by atoms with Crippen LogP contribution in [0.1, 0.15) is 58.1 Å². The summed E-state index contributed by atoms with van der Waals surface area (Å²) >= 11 is 0. The summed E-state index contributed by atoms with van der Waals surface area (Å²) in [4.78, 5) is 27.3. The SMILES string of the molecule is CCOC(=O)[C@H]1C2CCC(CC2)[C@@H]1Nc1nc(-c2cn(S(=O)(=O)c3ccc(C)cc3)c3nc(F)ccc23)nc2c1ccn2C(C)C. The number of hydrogen-bond acceptors (Lipinski definition) is 8. The van der Waals surface area contributed by atoms with E-state index in [0.717, 1.165) is 40.6 Å². The quantitative estimate of drug-likeness (QED) is 0.150. The van der Waals surface area contributed by atoms with Crippen LogP contribution in [-0.2, 0) is 19.6 Å². The summed E-state index contributed by atoms with van der Waals surface area (Å²) in [7, 11) is -4.14. The number of ether oxygens (including phenoxy) is 1. The molecule has 0 amide bonds. The summed E-state index contributed by atoms with van der Waals surface area (Å²) < 4.78 is 50.9. The van der Waals surface area contributed by atoms with E-state index in [1.54, 1.807) is 12.1 Å². The molecule has 0 unspecified atom stereocenters. The summed E-state index contributed by atoms with van der Waals surface area (Å²) in [6.45, 7) is 8.13. The predicted octanol–water partition coefficient (Wildman–Crippen LogP) is 6.49.